The lowest BCUT2D eigenvalue weighted by Crippen LogP contribution is -2.27. The van der Waals surface area contributed by atoms with Crippen LogP contribution in [0.5, 0.6) is 0 Å². The molecule has 4 nitrogen and oxygen atoms in total. The molecule has 0 aromatic rings. The molecule has 0 atom stereocenters. The van der Waals surface area contributed by atoms with Gasteiger partial charge < -0.3 is 9.47 Å². The second-order valence-corrected chi connectivity index (χ2v) is 6.87. The highest BCUT2D eigenvalue weighted by Crippen LogP contribution is 2.20. The molecular weight excluding hydrogens is 240 g/mol. The summed E-state index contributed by atoms with van der Waals surface area (Å²) in [5.74, 6) is -0.0871. The fourth-order valence-electron chi connectivity index (χ4n) is 1.12. The molecular formula is C9H19ClO4S. The number of rotatable bonds is 8. The van der Waals surface area contributed by atoms with Crippen LogP contribution in [0.3, 0.4) is 0 Å². The van der Waals surface area contributed by atoms with Crippen LogP contribution in [0.1, 0.15) is 20.8 Å². The summed E-state index contributed by atoms with van der Waals surface area (Å²) in [5.41, 5.74) is -0.465. The summed E-state index contributed by atoms with van der Waals surface area (Å²) in [6, 6.07) is 0. The van der Waals surface area contributed by atoms with Gasteiger partial charge in [0.1, 0.15) is 0 Å². The Kier molecular flexibility index (Phi) is 6.75. The molecule has 0 aliphatic rings. The van der Waals surface area contributed by atoms with E-state index in [4.69, 9.17) is 20.2 Å². The van der Waals surface area contributed by atoms with E-state index in [0.29, 0.717) is 26.4 Å². The Hall–Kier alpha value is 0.160. The third-order valence-electron chi connectivity index (χ3n) is 1.63. The number of hydrogen-bond donors (Lipinski definition) is 0. The van der Waals surface area contributed by atoms with E-state index in [1.54, 1.807) is 13.8 Å². The first-order chi connectivity index (χ1) is 6.77. The second-order valence-electron chi connectivity index (χ2n) is 4.10. The topological polar surface area (TPSA) is 52.6 Å². The van der Waals surface area contributed by atoms with Crippen LogP contribution in [-0.4, -0.2) is 40.6 Å². The zero-order valence-electron chi connectivity index (χ0n) is 9.45. The maximum atomic E-state index is 10.9. The van der Waals surface area contributed by atoms with Crippen LogP contribution in [0.25, 0.3) is 0 Å². The zero-order valence-corrected chi connectivity index (χ0v) is 11.0. The maximum absolute atomic E-state index is 10.9. The maximum Gasteiger partial charge on any atom is 0.233 e. The van der Waals surface area contributed by atoms with E-state index in [2.05, 4.69) is 0 Å². The van der Waals surface area contributed by atoms with E-state index in [1.165, 1.54) is 0 Å². The van der Waals surface area contributed by atoms with Gasteiger partial charge in [-0.15, -0.1) is 0 Å². The number of hydrogen-bond acceptors (Lipinski definition) is 4. The molecule has 0 aliphatic heterocycles. The lowest BCUT2D eigenvalue weighted by molar-refractivity contribution is 0.0235. The van der Waals surface area contributed by atoms with Crippen molar-refractivity contribution in [2.24, 2.45) is 5.41 Å². The highest BCUT2D eigenvalue weighted by atomic mass is 35.7. The monoisotopic (exact) mass is 258 g/mol. The minimum Gasteiger partial charge on any atom is -0.379 e. The van der Waals surface area contributed by atoms with Crippen LogP contribution in [0.15, 0.2) is 0 Å². The van der Waals surface area contributed by atoms with Crippen molar-refractivity contribution in [1.82, 2.24) is 0 Å². The van der Waals surface area contributed by atoms with Crippen molar-refractivity contribution in [3.8, 4) is 0 Å². The average Bonchev–Trinajstić information content (AvgIpc) is 1.99. The SMILES string of the molecule is CCOCCOCC(C)(C)CS(=O)(=O)Cl. The average molecular weight is 259 g/mol. The molecule has 0 spiro atoms. The molecule has 6 heteroatoms. The molecule has 0 N–H and O–H groups in total. The molecule has 0 saturated carbocycles. The summed E-state index contributed by atoms with van der Waals surface area (Å²) < 4.78 is 32.1. The Morgan fingerprint density at radius 2 is 1.73 bits per heavy atom. The lowest BCUT2D eigenvalue weighted by atomic mass is 9.98. The molecule has 0 saturated heterocycles. The Morgan fingerprint density at radius 3 is 2.20 bits per heavy atom. The van der Waals surface area contributed by atoms with E-state index in [-0.39, 0.29) is 5.75 Å². The van der Waals surface area contributed by atoms with Crippen LogP contribution in [0.2, 0.25) is 0 Å². The van der Waals surface area contributed by atoms with Crippen molar-refractivity contribution in [2.75, 3.05) is 32.2 Å². The minimum absolute atomic E-state index is 0.0871. The Labute approximate surface area is 96.3 Å². The number of ether oxygens (including phenoxy) is 2. The van der Waals surface area contributed by atoms with Crippen LogP contribution < -0.4 is 0 Å². The predicted molar refractivity (Wildman–Crippen MR) is 60.7 cm³/mol. The summed E-state index contributed by atoms with van der Waals surface area (Å²) in [7, 11) is 1.70. The first-order valence-electron chi connectivity index (χ1n) is 4.85. The van der Waals surface area contributed by atoms with Gasteiger partial charge in [0.15, 0.2) is 0 Å². The summed E-state index contributed by atoms with van der Waals surface area (Å²) in [6.45, 7) is 7.51. The lowest BCUT2D eigenvalue weighted by Gasteiger charge is -2.22. The molecule has 92 valence electrons. The second kappa shape index (κ2) is 6.68. The van der Waals surface area contributed by atoms with Gasteiger partial charge in [-0.05, 0) is 6.92 Å². The largest absolute Gasteiger partial charge is 0.379 e. The van der Waals surface area contributed by atoms with Crippen molar-refractivity contribution in [3.63, 3.8) is 0 Å². The predicted octanol–water partition coefficient (Wildman–Crippen LogP) is 1.63. The Bertz CT molecular complexity index is 261. The van der Waals surface area contributed by atoms with Gasteiger partial charge in [0.05, 0.1) is 25.6 Å². The van der Waals surface area contributed by atoms with Crippen LogP contribution >= 0.6 is 10.7 Å². The Balaban J connectivity index is 3.75. The molecule has 0 aromatic carbocycles. The molecule has 0 unspecified atom stereocenters. The molecule has 0 heterocycles. The molecule has 15 heavy (non-hydrogen) atoms. The standard InChI is InChI=1S/C9H19ClO4S/c1-4-13-5-6-14-7-9(2,3)8-15(10,11)12/h4-8H2,1-3H3. The van der Waals surface area contributed by atoms with Gasteiger partial charge in [-0.1, -0.05) is 13.8 Å². The van der Waals surface area contributed by atoms with Crippen molar-refractivity contribution in [1.29, 1.82) is 0 Å². The smallest absolute Gasteiger partial charge is 0.233 e. The number of halogens is 1. The molecule has 0 aliphatic carbocycles. The summed E-state index contributed by atoms with van der Waals surface area (Å²) in [4.78, 5) is 0. The summed E-state index contributed by atoms with van der Waals surface area (Å²) in [6.07, 6.45) is 0. The van der Waals surface area contributed by atoms with Crippen molar-refractivity contribution in [2.45, 2.75) is 20.8 Å². The Morgan fingerprint density at radius 1 is 1.20 bits per heavy atom. The fourth-order valence-corrected chi connectivity index (χ4v) is 3.02. The molecule has 0 fully saturated rings. The van der Waals surface area contributed by atoms with E-state index < -0.39 is 14.5 Å². The van der Waals surface area contributed by atoms with E-state index >= 15 is 0 Å². The molecule has 0 rings (SSSR count). The van der Waals surface area contributed by atoms with Crippen LogP contribution in [-0.2, 0) is 18.5 Å². The van der Waals surface area contributed by atoms with Crippen molar-refractivity contribution in [3.05, 3.63) is 0 Å². The molecule has 0 amide bonds. The van der Waals surface area contributed by atoms with Crippen LogP contribution in [0, 0.1) is 5.41 Å². The third-order valence-corrected chi connectivity index (χ3v) is 3.09. The van der Waals surface area contributed by atoms with Gasteiger partial charge in [0, 0.05) is 22.7 Å². The van der Waals surface area contributed by atoms with Gasteiger partial charge in [0.2, 0.25) is 9.05 Å². The van der Waals surface area contributed by atoms with Crippen molar-refractivity contribution >= 4 is 19.7 Å². The van der Waals surface area contributed by atoms with Gasteiger partial charge in [0.25, 0.3) is 0 Å². The fraction of sp³-hybridized carbons (Fsp3) is 1.00. The van der Waals surface area contributed by atoms with Crippen LogP contribution in [0.4, 0.5) is 0 Å². The third kappa shape index (κ3) is 10.4. The van der Waals surface area contributed by atoms with E-state index in [1.807, 2.05) is 6.92 Å². The van der Waals surface area contributed by atoms with Gasteiger partial charge in [-0.3, -0.25) is 0 Å². The minimum atomic E-state index is -3.47. The quantitative estimate of drug-likeness (QED) is 0.491. The van der Waals surface area contributed by atoms with E-state index in [0.717, 1.165) is 0 Å². The summed E-state index contributed by atoms with van der Waals surface area (Å²) in [5, 5.41) is 0. The normalized spacial score (nSPS) is 13.1. The van der Waals surface area contributed by atoms with Gasteiger partial charge >= 0.3 is 0 Å². The molecule has 0 radical (unpaired) electrons. The highest BCUT2D eigenvalue weighted by molar-refractivity contribution is 8.13. The van der Waals surface area contributed by atoms with Gasteiger partial charge in [-0.2, -0.15) is 0 Å². The molecule has 0 aromatic heterocycles. The highest BCUT2D eigenvalue weighted by Gasteiger charge is 2.25. The zero-order chi connectivity index (χ0) is 11.9. The van der Waals surface area contributed by atoms with Gasteiger partial charge in [-0.25, -0.2) is 8.42 Å². The first kappa shape index (κ1) is 15.2. The van der Waals surface area contributed by atoms with E-state index in [9.17, 15) is 8.42 Å². The first-order valence-corrected chi connectivity index (χ1v) is 7.32. The summed E-state index contributed by atoms with van der Waals surface area (Å²) >= 11 is 0. The molecule has 0 bridgehead atoms. The van der Waals surface area contributed by atoms with Crippen molar-refractivity contribution < 1.29 is 17.9 Å².